The largest absolute Gasteiger partial charge is 0.456 e. The SMILES string of the molecule is c1ccc(-n2c3cc(-c4cccc5c4c4ccccc4n5-c4ccc5ccccc5c4)ccc3c3c4cccc5c4c(cc32)Oc2ccccc2-5)cc1. The Morgan fingerprint density at radius 1 is 0.321 bits per heavy atom. The Bertz CT molecular complexity index is 3310. The molecule has 0 radical (unpaired) electrons. The first-order valence-corrected chi connectivity index (χ1v) is 18.2. The minimum absolute atomic E-state index is 0.896. The van der Waals surface area contributed by atoms with Crippen LogP contribution in [0, 0.1) is 0 Å². The second kappa shape index (κ2) is 10.7. The van der Waals surface area contributed by atoms with E-state index in [4.69, 9.17) is 4.74 Å². The lowest BCUT2D eigenvalue weighted by atomic mass is 9.92. The van der Waals surface area contributed by atoms with Gasteiger partial charge in [0, 0.05) is 49.9 Å². The van der Waals surface area contributed by atoms with E-state index < -0.39 is 0 Å². The molecule has 0 fully saturated rings. The van der Waals surface area contributed by atoms with E-state index in [9.17, 15) is 0 Å². The summed E-state index contributed by atoms with van der Waals surface area (Å²) in [5.41, 5.74) is 11.7. The Kier molecular flexibility index (Phi) is 5.77. The summed E-state index contributed by atoms with van der Waals surface area (Å²) in [7, 11) is 0. The van der Waals surface area contributed by atoms with Crippen LogP contribution in [0.5, 0.6) is 11.5 Å². The summed E-state index contributed by atoms with van der Waals surface area (Å²) >= 11 is 0. The summed E-state index contributed by atoms with van der Waals surface area (Å²) in [5.74, 6) is 1.79. The van der Waals surface area contributed by atoms with Crippen molar-refractivity contribution in [1.82, 2.24) is 9.13 Å². The molecule has 3 heteroatoms. The third kappa shape index (κ3) is 3.99. The van der Waals surface area contributed by atoms with Crippen LogP contribution >= 0.6 is 0 Å². The molecule has 9 aromatic carbocycles. The molecule has 0 unspecified atom stereocenters. The first-order valence-electron chi connectivity index (χ1n) is 18.2. The third-order valence-corrected chi connectivity index (χ3v) is 11.3. The molecule has 0 bridgehead atoms. The summed E-state index contributed by atoms with van der Waals surface area (Å²) in [6.45, 7) is 0. The average molecular weight is 675 g/mol. The molecule has 0 spiro atoms. The number of benzene rings is 9. The second-order valence-corrected chi connectivity index (χ2v) is 14.1. The first-order chi connectivity index (χ1) is 26.3. The van der Waals surface area contributed by atoms with Gasteiger partial charge in [-0.3, -0.25) is 0 Å². The molecule has 0 saturated carbocycles. The van der Waals surface area contributed by atoms with Gasteiger partial charge in [0.2, 0.25) is 0 Å². The predicted molar refractivity (Wildman–Crippen MR) is 221 cm³/mol. The predicted octanol–water partition coefficient (Wildman–Crippen LogP) is 13.6. The van der Waals surface area contributed by atoms with E-state index in [0.717, 1.165) is 34.0 Å². The number of para-hydroxylation sites is 3. The van der Waals surface area contributed by atoms with Crippen molar-refractivity contribution in [1.29, 1.82) is 0 Å². The number of fused-ring (bicyclic) bond motifs is 10. The lowest BCUT2D eigenvalue weighted by molar-refractivity contribution is 0.487. The third-order valence-electron chi connectivity index (χ3n) is 11.3. The standard InChI is InChI=1S/C50H30N2O/c1-2-14-34(15-3-1)51-44-29-33(25-27-40(44)49-41-20-10-19-38-37-16-7-9-23-46(37)53-47(50(38)41)30-45(49)51)36-18-11-22-43-48(36)39-17-6-8-21-42(39)52(43)35-26-24-31-12-4-5-13-32(31)28-35/h1-30H. The highest BCUT2D eigenvalue weighted by Gasteiger charge is 2.25. The Balaban J connectivity index is 1.15. The summed E-state index contributed by atoms with van der Waals surface area (Å²) in [6, 6.07) is 66.0. The molecule has 3 heterocycles. The number of nitrogens with zero attached hydrogens (tertiary/aromatic N) is 2. The van der Waals surface area contributed by atoms with Crippen LogP contribution < -0.4 is 4.74 Å². The zero-order valence-corrected chi connectivity index (χ0v) is 28.6. The van der Waals surface area contributed by atoms with Crippen molar-refractivity contribution in [2.24, 2.45) is 0 Å². The van der Waals surface area contributed by atoms with Gasteiger partial charge in [0.1, 0.15) is 11.5 Å². The van der Waals surface area contributed by atoms with E-state index in [1.54, 1.807) is 0 Å². The number of hydrogen-bond donors (Lipinski definition) is 0. The zero-order chi connectivity index (χ0) is 34.6. The number of aromatic nitrogens is 2. The van der Waals surface area contributed by atoms with E-state index in [1.807, 2.05) is 6.07 Å². The molecular formula is C50H30N2O. The van der Waals surface area contributed by atoms with Gasteiger partial charge >= 0.3 is 0 Å². The quantitative estimate of drug-likeness (QED) is 0.183. The molecule has 11 aromatic rings. The van der Waals surface area contributed by atoms with Crippen LogP contribution in [0.4, 0.5) is 0 Å². The van der Waals surface area contributed by atoms with Crippen molar-refractivity contribution in [3.8, 4) is 45.1 Å². The number of rotatable bonds is 3. The average Bonchev–Trinajstić information content (AvgIpc) is 3.73. The van der Waals surface area contributed by atoms with E-state index in [0.29, 0.717) is 0 Å². The normalized spacial score (nSPS) is 12.3. The highest BCUT2D eigenvalue weighted by molar-refractivity contribution is 6.26. The van der Waals surface area contributed by atoms with Gasteiger partial charge in [-0.2, -0.15) is 0 Å². The van der Waals surface area contributed by atoms with Crippen molar-refractivity contribution in [2.75, 3.05) is 0 Å². The minimum atomic E-state index is 0.896. The Morgan fingerprint density at radius 2 is 1.02 bits per heavy atom. The van der Waals surface area contributed by atoms with Gasteiger partial charge in [-0.05, 0) is 81.4 Å². The zero-order valence-electron chi connectivity index (χ0n) is 28.6. The minimum Gasteiger partial charge on any atom is -0.456 e. The Hall–Kier alpha value is -7.10. The van der Waals surface area contributed by atoms with Gasteiger partial charge in [0.25, 0.3) is 0 Å². The summed E-state index contributed by atoms with van der Waals surface area (Å²) in [5, 5.41) is 9.82. The van der Waals surface area contributed by atoms with Crippen LogP contribution in [0.1, 0.15) is 0 Å². The van der Waals surface area contributed by atoms with Gasteiger partial charge < -0.3 is 13.9 Å². The highest BCUT2D eigenvalue weighted by Crippen LogP contribution is 2.51. The van der Waals surface area contributed by atoms with Crippen molar-refractivity contribution in [3.05, 3.63) is 182 Å². The lowest BCUT2D eigenvalue weighted by Gasteiger charge is -2.22. The van der Waals surface area contributed by atoms with E-state index >= 15 is 0 Å². The lowest BCUT2D eigenvalue weighted by Crippen LogP contribution is -1.98. The molecular weight excluding hydrogens is 645 g/mol. The van der Waals surface area contributed by atoms with Crippen LogP contribution in [0.15, 0.2) is 182 Å². The molecule has 1 aliphatic rings. The highest BCUT2D eigenvalue weighted by atomic mass is 16.5. The van der Waals surface area contributed by atoms with Gasteiger partial charge in [-0.15, -0.1) is 0 Å². The van der Waals surface area contributed by atoms with Gasteiger partial charge in [0.05, 0.1) is 22.1 Å². The maximum absolute atomic E-state index is 6.67. The van der Waals surface area contributed by atoms with Crippen molar-refractivity contribution in [2.45, 2.75) is 0 Å². The smallest absolute Gasteiger partial charge is 0.138 e. The fourth-order valence-electron chi connectivity index (χ4n) is 9.03. The van der Waals surface area contributed by atoms with Gasteiger partial charge in [0.15, 0.2) is 0 Å². The van der Waals surface area contributed by atoms with Crippen LogP contribution in [0.25, 0.3) is 98.8 Å². The topological polar surface area (TPSA) is 19.1 Å². The number of hydrogen-bond acceptors (Lipinski definition) is 1. The molecule has 246 valence electrons. The Labute approximate surface area is 305 Å². The first kappa shape index (κ1) is 28.6. The molecule has 1 aliphatic heterocycles. The summed E-state index contributed by atoms with van der Waals surface area (Å²) in [6.07, 6.45) is 0. The molecule has 0 amide bonds. The second-order valence-electron chi connectivity index (χ2n) is 14.1. The summed E-state index contributed by atoms with van der Waals surface area (Å²) in [4.78, 5) is 0. The van der Waals surface area contributed by atoms with Crippen LogP contribution in [0.2, 0.25) is 0 Å². The fourth-order valence-corrected chi connectivity index (χ4v) is 9.03. The van der Waals surface area contributed by atoms with Gasteiger partial charge in [-0.25, -0.2) is 0 Å². The Morgan fingerprint density at radius 3 is 1.96 bits per heavy atom. The molecule has 53 heavy (non-hydrogen) atoms. The van der Waals surface area contributed by atoms with Crippen molar-refractivity contribution >= 4 is 65.2 Å². The fraction of sp³-hybridized carbons (Fsp3) is 0. The van der Waals surface area contributed by atoms with Crippen LogP contribution in [-0.2, 0) is 0 Å². The molecule has 0 atom stereocenters. The van der Waals surface area contributed by atoms with Crippen LogP contribution in [0.3, 0.4) is 0 Å². The van der Waals surface area contributed by atoms with Crippen molar-refractivity contribution < 1.29 is 4.74 Å². The van der Waals surface area contributed by atoms with E-state index in [-0.39, 0.29) is 0 Å². The molecule has 0 saturated heterocycles. The van der Waals surface area contributed by atoms with Crippen LogP contribution in [-0.4, -0.2) is 9.13 Å². The number of ether oxygens (including phenoxy) is 1. The van der Waals surface area contributed by atoms with Gasteiger partial charge in [-0.1, -0.05) is 127 Å². The maximum Gasteiger partial charge on any atom is 0.138 e. The van der Waals surface area contributed by atoms with E-state index in [2.05, 4.69) is 185 Å². The molecule has 3 nitrogen and oxygen atoms in total. The molecule has 2 aromatic heterocycles. The monoisotopic (exact) mass is 674 g/mol. The molecule has 12 rings (SSSR count). The molecule has 0 N–H and O–H groups in total. The maximum atomic E-state index is 6.67. The summed E-state index contributed by atoms with van der Waals surface area (Å²) < 4.78 is 11.5. The van der Waals surface area contributed by atoms with Crippen molar-refractivity contribution in [3.63, 3.8) is 0 Å². The molecule has 0 aliphatic carbocycles. The van der Waals surface area contributed by atoms with E-state index in [1.165, 1.54) is 76.3 Å².